The maximum Gasteiger partial charge on any atom is 0.416 e. The molecule has 1 heterocycles. The fourth-order valence-electron chi connectivity index (χ4n) is 3.31. The molecular weight excluding hydrogens is 449 g/mol. The zero-order chi connectivity index (χ0) is 21.0. The number of carbonyl (C=O) groups is 2. The lowest BCUT2D eigenvalue weighted by Gasteiger charge is -2.31. The van der Waals surface area contributed by atoms with Gasteiger partial charge in [0.15, 0.2) is 0 Å². The third kappa shape index (κ3) is 5.59. The van der Waals surface area contributed by atoms with Crippen LogP contribution in [0.1, 0.15) is 34.3 Å². The first-order valence-corrected chi connectivity index (χ1v) is 10.0. The molecule has 1 N–H and O–H groups in total. The van der Waals surface area contributed by atoms with Crippen molar-refractivity contribution in [1.82, 2.24) is 10.2 Å². The maximum absolute atomic E-state index is 12.8. The number of carbonyl (C=O) groups excluding carboxylic acids is 2. The molecule has 1 aliphatic rings. The Kier molecular flexibility index (Phi) is 6.62. The number of rotatable bonds is 4. The lowest BCUT2D eigenvalue weighted by molar-refractivity contribution is -0.137. The summed E-state index contributed by atoms with van der Waals surface area (Å²) in [5.41, 5.74) is 0.265. The molecule has 0 unspecified atom stereocenters. The third-order valence-electron chi connectivity index (χ3n) is 4.97. The number of nitrogens with zero attached hydrogens (tertiary/aromatic N) is 1. The molecule has 29 heavy (non-hydrogen) atoms. The van der Waals surface area contributed by atoms with Gasteiger partial charge >= 0.3 is 6.18 Å². The van der Waals surface area contributed by atoms with Crippen LogP contribution >= 0.6 is 15.9 Å². The topological polar surface area (TPSA) is 49.4 Å². The zero-order valence-corrected chi connectivity index (χ0v) is 17.1. The number of amides is 2. The number of nitrogens with one attached hydrogen (secondary N) is 1. The van der Waals surface area contributed by atoms with Gasteiger partial charge < -0.3 is 10.2 Å². The predicted octanol–water partition coefficient (Wildman–Crippen LogP) is 4.64. The lowest BCUT2D eigenvalue weighted by Crippen LogP contribution is -2.42. The minimum atomic E-state index is -4.41. The normalized spacial score (nSPS) is 15.2. The fraction of sp³-hybridized carbons (Fsp3) is 0.333. The Labute approximate surface area is 175 Å². The van der Waals surface area contributed by atoms with Gasteiger partial charge in [-0.2, -0.15) is 13.2 Å². The van der Waals surface area contributed by atoms with Crippen LogP contribution in [0.25, 0.3) is 0 Å². The van der Waals surface area contributed by atoms with Crippen molar-refractivity contribution in [2.45, 2.75) is 25.6 Å². The molecule has 154 valence electrons. The summed E-state index contributed by atoms with van der Waals surface area (Å²) < 4.78 is 39.2. The molecule has 4 nitrogen and oxygen atoms in total. The van der Waals surface area contributed by atoms with Gasteiger partial charge in [0.2, 0.25) is 5.91 Å². The van der Waals surface area contributed by atoms with Gasteiger partial charge in [0.1, 0.15) is 0 Å². The van der Waals surface area contributed by atoms with E-state index < -0.39 is 11.7 Å². The highest BCUT2D eigenvalue weighted by atomic mass is 79.9. The number of hydrogen-bond acceptors (Lipinski definition) is 2. The average Bonchev–Trinajstić information content (AvgIpc) is 2.72. The number of alkyl halides is 3. The summed E-state index contributed by atoms with van der Waals surface area (Å²) in [6.07, 6.45) is -3.36. The molecule has 0 saturated carbocycles. The predicted molar refractivity (Wildman–Crippen MR) is 106 cm³/mol. The van der Waals surface area contributed by atoms with Gasteiger partial charge in [-0.1, -0.05) is 28.1 Å². The van der Waals surface area contributed by atoms with Crippen molar-refractivity contribution < 1.29 is 22.8 Å². The lowest BCUT2D eigenvalue weighted by atomic mass is 9.95. The van der Waals surface area contributed by atoms with Crippen molar-refractivity contribution in [1.29, 1.82) is 0 Å². The standard InChI is InChI=1S/C21H20BrF3N2O2/c22-18-6-4-16(5-7-18)20(29)27-10-8-15(9-11-27)19(28)26-13-14-2-1-3-17(12-14)21(23,24)25/h1-7,12,15H,8-11,13H2,(H,26,28). The van der Waals surface area contributed by atoms with E-state index in [1.165, 1.54) is 6.07 Å². The van der Waals surface area contributed by atoms with Gasteiger partial charge in [0.25, 0.3) is 5.91 Å². The molecule has 2 aromatic carbocycles. The second-order valence-corrected chi connectivity index (χ2v) is 7.90. The van der Waals surface area contributed by atoms with Crippen LogP contribution in [0, 0.1) is 5.92 Å². The Morgan fingerprint density at radius 1 is 1.07 bits per heavy atom. The van der Waals surface area contributed by atoms with E-state index >= 15 is 0 Å². The summed E-state index contributed by atoms with van der Waals surface area (Å²) in [5, 5.41) is 2.71. The molecule has 0 spiro atoms. The average molecular weight is 469 g/mol. The van der Waals surface area contributed by atoms with Crippen LogP contribution < -0.4 is 5.32 Å². The number of halogens is 4. The van der Waals surface area contributed by atoms with Crippen molar-refractivity contribution in [3.05, 3.63) is 69.7 Å². The van der Waals surface area contributed by atoms with E-state index in [1.807, 2.05) is 0 Å². The Morgan fingerprint density at radius 3 is 2.34 bits per heavy atom. The molecule has 0 aromatic heterocycles. The molecule has 0 radical (unpaired) electrons. The summed E-state index contributed by atoms with van der Waals surface area (Å²) >= 11 is 3.33. The molecule has 1 aliphatic heterocycles. The summed E-state index contributed by atoms with van der Waals surface area (Å²) in [7, 11) is 0. The van der Waals surface area contributed by atoms with Gasteiger partial charge in [-0.25, -0.2) is 0 Å². The second-order valence-electron chi connectivity index (χ2n) is 6.99. The fourth-order valence-corrected chi connectivity index (χ4v) is 3.58. The molecule has 0 atom stereocenters. The van der Waals surface area contributed by atoms with Crippen molar-refractivity contribution >= 4 is 27.7 Å². The maximum atomic E-state index is 12.8. The molecule has 2 aromatic rings. The van der Waals surface area contributed by atoms with Crippen LogP contribution in [0.5, 0.6) is 0 Å². The number of piperidine rings is 1. The van der Waals surface area contributed by atoms with Crippen LogP contribution in [-0.2, 0) is 17.5 Å². The van der Waals surface area contributed by atoms with Crippen LogP contribution in [0.15, 0.2) is 53.0 Å². The Morgan fingerprint density at radius 2 is 1.72 bits per heavy atom. The van der Waals surface area contributed by atoms with Crippen molar-refractivity contribution in [3.8, 4) is 0 Å². The van der Waals surface area contributed by atoms with E-state index in [9.17, 15) is 22.8 Å². The van der Waals surface area contributed by atoms with Gasteiger partial charge in [0.05, 0.1) is 5.56 Å². The summed E-state index contributed by atoms with van der Waals surface area (Å²) in [6, 6.07) is 12.0. The molecule has 0 aliphatic carbocycles. The van der Waals surface area contributed by atoms with Crippen molar-refractivity contribution in [2.24, 2.45) is 5.92 Å². The molecular formula is C21H20BrF3N2O2. The molecule has 8 heteroatoms. The van der Waals surface area contributed by atoms with Crippen molar-refractivity contribution in [2.75, 3.05) is 13.1 Å². The van der Waals surface area contributed by atoms with Gasteiger partial charge in [-0.15, -0.1) is 0 Å². The molecule has 0 bridgehead atoms. The summed E-state index contributed by atoms with van der Waals surface area (Å²) in [6.45, 7) is 0.980. The van der Waals surface area contributed by atoms with E-state index in [0.29, 0.717) is 37.1 Å². The first-order valence-electron chi connectivity index (χ1n) is 9.23. The van der Waals surface area contributed by atoms with Crippen LogP contribution in [0.2, 0.25) is 0 Å². The van der Waals surface area contributed by atoms with Gasteiger partial charge in [-0.3, -0.25) is 9.59 Å². The highest BCUT2D eigenvalue weighted by Gasteiger charge is 2.31. The van der Waals surface area contributed by atoms with Gasteiger partial charge in [0, 0.05) is 35.6 Å². The Balaban J connectivity index is 1.50. The molecule has 2 amide bonds. The van der Waals surface area contributed by atoms with E-state index in [2.05, 4.69) is 21.2 Å². The smallest absolute Gasteiger partial charge is 0.352 e. The molecule has 1 saturated heterocycles. The van der Waals surface area contributed by atoms with Gasteiger partial charge in [-0.05, 0) is 54.8 Å². The van der Waals surface area contributed by atoms with E-state index in [-0.39, 0.29) is 24.3 Å². The summed E-state index contributed by atoms with van der Waals surface area (Å²) in [5.74, 6) is -0.520. The number of hydrogen-bond donors (Lipinski definition) is 1. The van der Waals surface area contributed by atoms with Crippen molar-refractivity contribution in [3.63, 3.8) is 0 Å². The largest absolute Gasteiger partial charge is 0.416 e. The molecule has 3 rings (SSSR count). The monoisotopic (exact) mass is 468 g/mol. The highest BCUT2D eigenvalue weighted by molar-refractivity contribution is 9.10. The van der Waals surface area contributed by atoms with Crippen LogP contribution in [0.4, 0.5) is 13.2 Å². The quantitative estimate of drug-likeness (QED) is 0.710. The Hall–Kier alpha value is -2.35. The van der Waals surface area contributed by atoms with E-state index in [4.69, 9.17) is 0 Å². The number of benzene rings is 2. The minimum Gasteiger partial charge on any atom is -0.352 e. The minimum absolute atomic E-state index is 0.0425. The van der Waals surface area contributed by atoms with E-state index in [0.717, 1.165) is 16.6 Å². The third-order valence-corrected chi connectivity index (χ3v) is 5.49. The molecule has 1 fully saturated rings. The Bertz CT molecular complexity index is 876. The SMILES string of the molecule is O=C(NCc1cccc(C(F)(F)F)c1)C1CCN(C(=O)c2ccc(Br)cc2)CC1. The second kappa shape index (κ2) is 8.98. The van der Waals surface area contributed by atoms with Crippen LogP contribution in [-0.4, -0.2) is 29.8 Å². The first-order chi connectivity index (χ1) is 13.7. The number of likely N-dealkylation sites (tertiary alicyclic amines) is 1. The van der Waals surface area contributed by atoms with E-state index in [1.54, 1.807) is 35.2 Å². The highest BCUT2D eigenvalue weighted by Crippen LogP contribution is 2.29. The zero-order valence-electron chi connectivity index (χ0n) is 15.5. The summed E-state index contributed by atoms with van der Waals surface area (Å²) in [4.78, 5) is 26.6. The van der Waals surface area contributed by atoms with Crippen LogP contribution in [0.3, 0.4) is 0 Å². The first kappa shape index (κ1) is 21.4.